The minimum Gasteiger partial charge on any atom is -0.465 e. The Labute approximate surface area is 357 Å². The number of unbranched alkanes of at least 4 members (excludes halogenated alkanes) is 22. The lowest BCUT2D eigenvalue weighted by Crippen LogP contribution is -2.30. The van der Waals surface area contributed by atoms with E-state index in [1.807, 2.05) is 0 Å². The standard InChI is InChI=1S/C44H84NO13P/c1-4-6-8-10-12-14-16-18-20-22-24-26-28-42(47)55-38-40(58-44(49)29-27-25-23-21-19-17-15-13-11-9-7-5-2)39-57-59(50,51)56-35-32-45-41(46)30-34-54-43(48)31-33-53-37-36-52-3/h40H,4-39H2,1-3H3,(H,45,46)(H,50,51). The minimum absolute atomic E-state index is 0.0480. The number of phosphoric ester groups is 1. The summed E-state index contributed by atoms with van der Waals surface area (Å²) in [5, 5.41) is 2.50. The Kier molecular flexibility index (Phi) is 41.1. The number of hydrogen-bond donors (Lipinski definition) is 2. The fourth-order valence-electron chi connectivity index (χ4n) is 6.22. The van der Waals surface area contributed by atoms with E-state index >= 15 is 0 Å². The van der Waals surface area contributed by atoms with Crippen LogP contribution >= 0.6 is 7.82 Å². The van der Waals surface area contributed by atoms with Gasteiger partial charge in [0.2, 0.25) is 5.91 Å². The van der Waals surface area contributed by atoms with Crippen molar-refractivity contribution in [2.24, 2.45) is 0 Å². The zero-order valence-electron chi connectivity index (χ0n) is 37.3. The maximum Gasteiger partial charge on any atom is 0.472 e. The summed E-state index contributed by atoms with van der Waals surface area (Å²) in [5.41, 5.74) is 0. The van der Waals surface area contributed by atoms with Crippen molar-refractivity contribution in [1.82, 2.24) is 5.32 Å². The van der Waals surface area contributed by atoms with E-state index in [-0.39, 0.29) is 58.7 Å². The van der Waals surface area contributed by atoms with E-state index in [9.17, 15) is 28.6 Å². The van der Waals surface area contributed by atoms with E-state index in [0.717, 1.165) is 38.5 Å². The SMILES string of the molecule is CCCCCCCCCCCCCCC(=O)OCC(COP(=O)(O)OCCNC(=O)CCOC(=O)CCOCCOC)OC(=O)CCCCCCCCCCCCCC. The third kappa shape index (κ3) is 42.4. The van der Waals surface area contributed by atoms with Crippen LogP contribution in [0.3, 0.4) is 0 Å². The summed E-state index contributed by atoms with van der Waals surface area (Å²) >= 11 is 0. The topological polar surface area (TPSA) is 182 Å². The third-order valence-electron chi connectivity index (χ3n) is 9.77. The van der Waals surface area contributed by atoms with Crippen molar-refractivity contribution in [2.75, 3.05) is 59.9 Å². The number of carbonyl (C=O) groups excluding carboxylic acids is 4. The fourth-order valence-corrected chi connectivity index (χ4v) is 6.97. The quantitative estimate of drug-likeness (QED) is 0.0256. The second kappa shape index (κ2) is 42.6. The van der Waals surface area contributed by atoms with Gasteiger partial charge in [-0.15, -0.1) is 0 Å². The van der Waals surface area contributed by atoms with Gasteiger partial charge in [0.05, 0.1) is 45.9 Å². The van der Waals surface area contributed by atoms with Gasteiger partial charge in [-0.3, -0.25) is 28.2 Å². The molecule has 0 fully saturated rings. The van der Waals surface area contributed by atoms with Crippen LogP contribution in [-0.4, -0.2) is 94.7 Å². The van der Waals surface area contributed by atoms with Crippen LogP contribution < -0.4 is 5.32 Å². The van der Waals surface area contributed by atoms with Gasteiger partial charge in [-0.25, -0.2) is 4.57 Å². The summed E-state index contributed by atoms with van der Waals surface area (Å²) in [7, 11) is -3.07. The smallest absolute Gasteiger partial charge is 0.465 e. The van der Waals surface area contributed by atoms with Gasteiger partial charge in [-0.1, -0.05) is 155 Å². The molecular weight excluding hydrogens is 781 g/mol. The second-order valence-electron chi connectivity index (χ2n) is 15.3. The highest BCUT2D eigenvalue weighted by Gasteiger charge is 2.26. The van der Waals surface area contributed by atoms with Gasteiger partial charge in [0.25, 0.3) is 0 Å². The Morgan fingerprint density at radius 1 is 0.508 bits per heavy atom. The highest BCUT2D eigenvalue weighted by molar-refractivity contribution is 7.47. The molecule has 0 radical (unpaired) electrons. The molecular formula is C44H84NO13P. The first-order valence-electron chi connectivity index (χ1n) is 23.1. The molecule has 15 heteroatoms. The van der Waals surface area contributed by atoms with Crippen LogP contribution in [0.4, 0.5) is 0 Å². The molecule has 0 aliphatic rings. The predicted molar refractivity (Wildman–Crippen MR) is 230 cm³/mol. The van der Waals surface area contributed by atoms with Crippen LogP contribution in [0.2, 0.25) is 0 Å². The number of methoxy groups -OCH3 is 1. The van der Waals surface area contributed by atoms with Gasteiger partial charge in [0.1, 0.15) is 13.2 Å². The average molecular weight is 866 g/mol. The average Bonchev–Trinajstić information content (AvgIpc) is 3.21. The summed E-state index contributed by atoms with van der Waals surface area (Å²) in [6.45, 7) is 3.99. The number of amides is 1. The molecule has 2 N–H and O–H groups in total. The summed E-state index contributed by atoms with van der Waals surface area (Å²) in [5.74, 6) is -1.88. The molecule has 14 nitrogen and oxygen atoms in total. The van der Waals surface area contributed by atoms with Crippen molar-refractivity contribution < 1.29 is 61.4 Å². The Morgan fingerprint density at radius 3 is 1.49 bits per heavy atom. The Balaban J connectivity index is 4.57. The minimum atomic E-state index is -4.61. The summed E-state index contributed by atoms with van der Waals surface area (Å²) < 4.78 is 48.6. The lowest BCUT2D eigenvalue weighted by Gasteiger charge is -2.20. The van der Waals surface area contributed by atoms with Crippen LogP contribution in [0, 0.1) is 0 Å². The first-order valence-corrected chi connectivity index (χ1v) is 24.6. The van der Waals surface area contributed by atoms with Crippen LogP contribution in [-0.2, 0) is 56.5 Å². The molecule has 0 aromatic rings. The van der Waals surface area contributed by atoms with Crippen LogP contribution in [0.5, 0.6) is 0 Å². The zero-order chi connectivity index (χ0) is 43.5. The Bertz CT molecular complexity index is 1060. The van der Waals surface area contributed by atoms with Crippen molar-refractivity contribution in [3.63, 3.8) is 0 Å². The third-order valence-corrected chi connectivity index (χ3v) is 10.8. The first kappa shape index (κ1) is 56.9. The van der Waals surface area contributed by atoms with Gasteiger partial charge in [0, 0.05) is 26.5 Å². The number of ether oxygens (including phenoxy) is 5. The molecule has 0 spiro atoms. The molecule has 0 aromatic carbocycles. The van der Waals surface area contributed by atoms with E-state index < -0.39 is 44.3 Å². The largest absolute Gasteiger partial charge is 0.472 e. The molecule has 2 unspecified atom stereocenters. The van der Waals surface area contributed by atoms with Crippen LogP contribution in [0.15, 0.2) is 0 Å². The Morgan fingerprint density at radius 2 is 0.983 bits per heavy atom. The zero-order valence-corrected chi connectivity index (χ0v) is 38.2. The molecule has 0 saturated heterocycles. The maximum atomic E-state index is 12.7. The molecule has 0 bridgehead atoms. The second-order valence-corrected chi connectivity index (χ2v) is 16.8. The number of carbonyl (C=O) groups is 4. The molecule has 348 valence electrons. The maximum absolute atomic E-state index is 12.7. The van der Waals surface area contributed by atoms with Gasteiger partial charge in [-0.05, 0) is 12.8 Å². The summed E-state index contributed by atoms with van der Waals surface area (Å²) in [4.78, 5) is 59.2. The van der Waals surface area contributed by atoms with E-state index in [1.165, 1.54) is 103 Å². The monoisotopic (exact) mass is 866 g/mol. The number of rotatable bonds is 45. The Hall–Kier alpha value is -2.09. The van der Waals surface area contributed by atoms with Crippen molar-refractivity contribution >= 4 is 31.6 Å². The van der Waals surface area contributed by atoms with Crippen molar-refractivity contribution in [2.45, 2.75) is 200 Å². The van der Waals surface area contributed by atoms with E-state index in [2.05, 4.69) is 19.2 Å². The molecule has 0 aliphatic carbocycles. The van der Waals surface area contributed by atoms with E-state index in [4.69, 9.17) is 32.7 Å². The molecule has 0 heterocycles. The molecule has 0 aromatic heterocycles. The highest BCUT2D eigenvalue weighted by atomic mass is 31.2. The molecule has 0 rings (SSSR count). The normalized spacial score (nSPS) is 12.8. The summed E-state index contributed by atoms with van der Waals surface area (Å²) in [6, 6.07) is 0. The first-order chi connectivity index (χ1) is 28.6. The van der Waals surface area contributed by atoms with Crippen molar-refractivity contribution in [3.8, 4) is 0 Å². The van der Waals surface area contributed by atoms with E-state index in [1.54, 1.807) is 7.11 Å². The highest BCUT2D eigenvalue weighted by Crippen LogP contribution is 2.43. The molecule has 0 saturated carbocycles. The van der Waals surface area contributed by atoms with Gasteiger partial charge < -0.3 is 33.9 Å². The lowest BCUT2D eigenvalue weighted by atomic mass is 10.0. The molecule has 2 atom stereocenters. The number of hydrogen-bond acceptors (Lipinski definition) is 12. The summed E-state index contributed by atoms with van der Waals surface area (Å²) in [6.07, 6.45) is 27.4. The van der Waals surface area contributed by atoms with Gasteiger partial charge in [-0.2, -0.15) is 0 Å². The predicted octanol–water partition coefficient (Wildman–Crippen LogP) is 9.86. The van der Waals surface area contributed by atoms with Crippen molar-refractivity contribution in [1.29, 1.82) is 0 Å². The molecule has 1 amide bonds. The molecule has 59 heavy (non-hydrogen) atoms. The lowest BCUT2D eigenvalue weighted by molar-refractivity contribution is -0.161. The van der Waals surface area contributed by atoms with Crippen molar-refractivity contribution in [3.05, 3.63) is 0 Å². The number of esters is 3. The van der Waals surface area contributed by atoms with E-state index in [0.29, 0.717) is 26.1 Å². The van der Waals surface area contributed by atoms with Crippen LogP contribution in [0.1, 0.15) is 194 Å². The number of phosphoric acid groups is 1. The van der Waals surface area contributed by atoms with Crippen LogP contribution in [0.25, 0.3) is 0 Å². The molecule has 0 aliphatic heterocycles. The number of nitrogens with one attached hydrogen (secondary N) is 1. The van der Waals surface area contributed by atoms with Gasteiger partial charge in [0.15, 0.2) is 6.10 Å². The fraction of sp³-hybridized carbons (Fsp3) is 0.909. The van der Waals surface area contributed by atoms with Gasteiger partial charge >= 0.3 is 25.7 Å².